The second-order valence-electron chi connectivity index (χ2n) is 6.19. The van der Waals surface area contributed by atoms with Gasteiger partial charge in [0, 0.05) is 18.7 Å². The minimum absolute atomic E-state index is 0.102. The Morgan fingerprint density at radius 3 is 2.70 bits per heavy atom. The highest BCUT2D eigenvalue weighted by Gasteiger charge is 2.36. The molecule has 0 bridgehead atoms. The molecule has 2 aromatic carbocycles. The lowest BCUT2D eigenvalue weighted by atomic mass is 9.98. The third kappa shape index (κ3) is 3.14. The van der Waals surface area contributed by atoms with Crippen LogP contribution in [-0.4, -0.2) is 41.1 Å². The molecule has 0 radical (unpaired) electrons. The molecular weight excluding hydrogens is 356 g/mol. The van der Waals surface area contributed by atoms with Crippen molar-refractivity contribution in [2.45, 2.75) is 5.92 Å². The monoisotopic (exact) mass is 371 g/mol. The summed E-state index contributed by atoms with van der Waals surface area (Å²) in [6, 6.07) is 10.4. The fraction of sp³-hybridized carbons (Fsp3) is 0.211. The van der Waals surface area contributed by atoms with Crippen LogP contribution in [0.2, 0.25) is 0 Å². The largest absolute Gasteiger partial charge is 0.496 e. The van der Waals surface area contributed by atoms with Gasteiger partial charge in [0.15, 0.2) is 11.6 Å². The number of hydrogen-bond acceptors (Lipinski definition) is 5. The molecule has 1 amide bonds. The van der Waals surface area contributed by atoms with Crippen molar-refractivity contribution in [3.05, 3.63) is 65.6 Å². The van der Waals surface area contributed by atoms with E-state index in [1.165, 1.54) is 11.0 Å². The standard InChI is InChI=1S/C19H15F2N3O3/c1-26-16-5-3-2-4-13(16)17-22-18(27-23-17)12-9-24(10-12)19(25)11-6-7-14(20)15(21)8-11/h2-8,12H,9-10H2,1H3. The first-order chi connectivity index (χ1) is 13.1. The predicted molar refractivity (Wildman–Crippen MR) is 91.3 cm³/mol. The number of amides is 1. The maximum atomic E-state index is 13.3. The second-order valence-corrected chi connectivity index (χ2v) is 6.19. The average Bonchev–Trinajstić information content (AvgIpc) is 3.12. The highest BCUT2D eigenvalue weighted by atomic mass is 19.2. The maximum absolute atomic E-state index is 13.3. The lowest BCUT2D eigenvalue weighted by Gasteiger charge is -2.37. The Morgan fingerprint density at radius 2 is 1.96 bits per heavy atom. The molecule has 0 N–H and O–H groups in total. The first kappa shape index (κ1) is 17.1. The van der Waals surface area contributed by atoms with Gasteiger partial charge in [0.25, 0.3) is 5.91 Å². The Labute approximate surface area is 153 Å². The molecule has 1 aliphatic heterocycles. The van der Waals surface area contributed by atoms with Gasteiger partial charge in [0.2, 0.25) is 11.7 Å². The number of hydrogen-bond donors (Lipinski definition) is 0. The van der Waals surface area contributed by atoms with Crippen LogP contribution < -0.4 is 4.74 Å². The number of rotatable bonds is 4. The van der Waals surface area contributed by atoms with Crippen LogP contribution in [0.1, 0.15) is 22.2 Å². The summed E-state index contributed by atoms with van der Waals surface area (Å²) in [4.78, 5) is 18.2. The average molecular weight is 371 g/mol. The van der Waals surface area contributed by atoms with Crippen molar-refractivity contribution >= 4 is 5.91 Å². The number of likely N-dealkylation sites (tertiary alicyclic amines) is 1. The van der Waals surface area contributed by atoms with Crippen molar-refractivity contribution in [1.82, 2.24) is 15.0 Å². The van der Waals surface area contributed by atoms with Gasteiger partial charge in [-0.1, -0.05) is 17.3 Å². The number of ether oxygens (including phenoxy) is 1. The van der Waals surface area contributed by atoms with E-state index in [2.05, 4.69) is 10.1 Å². The smallest absolute Gasteiger partial charge is 0.254 e. The van der Waals surface area contributed by atoms with Crippen molar-refractivity contribution in [1.29, 1.82) is 0 Å². The molecule has 138 valence electrons. The van der Waals surface area contributed by atoms with E-state index in [9.17, 15) is 13.6 Å². The minimum Gasteiger partial charge on any atom is -0.496 e. The van der Waals surface area contributed by atoms with Crippen LogP contribution in [0.15, 0.2) is 47.0 Å². The van der Waals surface area contributed by atoms with Crippen LogP contribution in [0.25, 0.3) is 11.4 Å². The molecule has 0 spiro atoms. The number of carbonyl (C=O) groups is 1. The molecule has 1 fully saturated rings. The topological polar surface area (TPSA) is 68.5 Å². The lowest BCUT2D eigenvalue weighted by Crippen LogP contribution is -2.48. The van der Waals surface area contributed by atoms with Gasteiger partial charge < -0.3 is 14.2 Å². The summed E-state index contributed by atoms with van der Waals surface area (Å²) in [5.41, 5.74) is 0.816. The van der Waals surface area contributed by atoms with Crippen LogP contribution in [0.5, 0.6) is 5.75 Å². The molecule has 6 nitrogen and oxygen atoms in total. The summed E-state index contributed by atoms with van der Waals surface area (Å²) in [5, 5.41) is 3.99. The fourth-order valence-corrected chi connectivity index (χ4v) is 2.95. The number of aromatic nitrogens is 2. The molecule has 2 heterocycles. The Morgan fingerprint density at radius 1 is 1.19 bits per heavy atom. The molecule has 1 aliphatic rings. The first-order valence-electron chi connectivity index (χ1n) is 8.28. The zero-order valence-corrected chi connectivity index (χ0v) is 14.4. The number of benzene rings is 2. The van der Waals surface area contributed by atoms with Crippen LogP contribution >= 0.6 is 0 Å². The van der Waals surface area contributed by atoms with Crippen LogP contribution in [-0.2, 0) is 0 Å². The molecule has 0 atom stereocenters. The molecule has 0 unspecified atom stereocenters. The Hall–Kier alpha value is -3.29. The Bertz CT molecular complexity index is 999. The van der Waals surface area contributed by atoms with E-state index in [4.69, 9.17) is 9.26 Å². The molecule has 0 aliphatic carbocycles. The van der Waals surface area contributed by atoms with Gasteiger partial charge in [-0.25, -0.2) is 8.78 Å². The Kier molecular flexibility index (Phi) is 4.31. The normalized spacial score (nSPS) is 14.1. The molecule has 8 heteroatoms. The number of carbonyl (C=O) groups excluding carboxylic acids is 1. The summed E-state index contributed by atoms with van der Waals surface area (Å²) >= 11 is 0. The summed E-state index contributed by atoms with van der Waals surface area (Å²) in [6.07, 6.45) is 0. The molecule has 1 aromatic heterocycles. The van der Waals surface area contributed by atoms with Crippen molar-refractivity contribution < 1.29 is 22.8 Å². The third-order valence-corrected chi connectivity index (χ3v) is 4.47. The SMILES string of the molecule is COc1ccccc1-c1noc(C2CN(C(=O)c3ccc(F)c(F)c3)C2)n1. The van der Waals surface area contributed by atoms with Crippen molar-refractivity contribution in [3.8, 4) is 17.1 Å². The predicted octanol–water partition coefficient (Wildman–Crippen LogP) is 3.26. The molecule has 4 rings (SSSR count). The van der Waals surface area contributed by atoms with Crippen molar-refractivity contribution in [2.24, 2.45) is 0 Å². The van der Waals surface area contributed by atoms with Gasteiger partial charge in [0.05, 0.1) is 18.6 Å². The Balaban J connectivity index is 1.45. The van der Waals surface area contributed by atoms with Crippen LogP contribution in [0.3, 0.4) is 0 Å². The highest BCUT2D eigenvalue weighted by molar-refractivity contribution is 5.94. The maximum Gasteiger partial charge on any atom is 0.254 e. The number of nitrogens with zero attached hydrogens (tertiary/aromatic N) is 3. The molecular formula is C19H15F2N3O3. The zero-order valence-electron chi connectivity index (χ0n) is 14.4. The summed E-state index contributed by atoms with van der Waals surface area (Å²) < 4.78 is 36.9. The molecule has 0 saturated carbocycles. The summed E-state index contributed by atoms with van der Waals surface area (Å²) in [7, 11) is 1.56. The van der Waals surface area contributed by atoms with Gasteiger partial charge in [-0.3, -0.25) is 4.79 Å². The van der Waals surface area contributed by atoms with E-state index in [1.54, 1.807) is 13.2 Å². The number of halogens is 2. The van der Waals surface area contributed by atoms with E-state index in [0.29, 0.717) is 36.1 Å². The van der Waals surface area contributed by atoms with E-state index in [0.717, 1.165) is 12.1 Å². The number of methoxy groups -OCH3 is 1. The first-order valence-corrected chi connectivity index (χ1v) is 8.28. The highest BCUT2D eigenvalue weighted by Crippen LogP contribution is 2.31. The van der Waals surface area contributed by atoms with Gasteiger partial charge >= 0.3 is 0 Å². The summed E-state index contributed by atoms with van der Waals surface area (Å²) in [6.45, 7) is 0.733. The van der Waals surface area contributed by atoms with Gasteiger partial charge in [-0.15, -0.1) is 0 Å². The van der Waals surface area contributed by atoms with Gasteiger partial charge in [0.1, 0.15) is 5.75 Å². The third-order valence-electron chi connectivity index (χ3n) is 4.47. The van der Waals surface area contributed by atoms with Gasteiger partial charge in [-0.2, -0.15) is 4.98 Å². The van der Waals surface area contributed by atoms with E-state index < -0.39 is 11.6 Å². The number of para-hydroxylation sites is 1. The summed E-state index contributed by atoms with van der Waals surface area (Å²) in [5.74, 6) is -1.03. The van der Waals surface area contributed by atoms with E-state index >= 15 is 0 Å². The van der Waals surface area contributed by atoms with E-state index in [1.807, 2.05) is 18.2 Å². The van der Waals surface area contributed by atoms with Gasteiger partial charge in [-0.05, 0) is 30.3 Å². The van der Waals surface area contributed by atoms with Crippen molar-refractivity contribution in [2.75, 3.05) is 20.2 Å². The fourth-order valence-electron chi connectivity index (χ4n) is 2.95. The molecule has 1 saturated heterocycles. The van der Waals surface area contributed by atoms with Crippen molar-refractivity contribution in [3.63, 3.8) is 0 Å². The zero-order chi connectivity index (χ0) is 19.0. The molecule has 3 aromatic rings. The quantitative estimate of drug-likeness (QED) is 0.704. The molecule has 27 heavy (non-hydrogen) atoms. The van der Waals surface area contributed by atoms with Crippen LogP contribution in [0, 0.1) is 11.6 Å². The lowest BCUT2D eigenvalue weighted by molar-refractivity contribution is 0.0568. The second kappa shape index (κ2) is 6.79. The van der Waals surface area contributed by atoms with E-state index in [-0.39, 0.29) is 17.4 Å². The van der Waals surface area contributed by atoms with Crippen LogP contribution in [0.4, 0.5) is 8.78 Å². The minimum atomic E-state index is -1.05.